The van der Waals surface area contributed by atoms with E-state index in [-0.39, 0.29) is 12.1 Å². The molecule has 25 heavy (non-hydrogen) atoms. The number of carbonyl (C=O) groups excluding carboxylic acids is 1. The highest BCUT2D eigenvalue weighted by Crippen LogP contribution is 2.19. The van der Waals surface area contributed by atoms with Crippen LogP contribution in [0.2, 0.25) is 0 Å². The molecule has 3 heteroatoms. The zero-order valence-corrected chi connectivity index (χ0v) is 16.9. The Labute approximate surface area is 156 Å². The van der Waals surface area contributed by atoms with Crippen LogP contribution in [0, 0.1) is 0 Å². The predicted molar refractivity (Wildman–Crippen MR) is 105 cm³/mol. The zero-order valence-electron chi connectivity index (χ0n) is 16.9. The van der Waals surface area contributed by atoms with E-state index in [9.17, 15) is 4.79 Å². The van der Waals surface area contributed by atoms with Crippen molar-refractivity contribution in [3.63, 3.8) is 0 Å². The summed E-state index contributed by atoms with van der Waals surface area (Å²) in [4.78, 5) is 11.9. The predicted octanol–water partition coefficient (Wildman–Crippen LogP) is 6.58. The maximum atomic E-state index is 11.9. The lowest BCUT2D eigenvalue weighted by Gasteiger charge is -2.15. The summed E-state index contributed by atoms with van der Waals surface area (Å²) in [6.45, 7) is 5.17. The lowest BCUT2D eigenvalue weighted by Crippen LogP contribution is -2.17. The molecule has 0 amide bonds. The summed E-state index contributed by atoms with van der Waals surface area (Å²) in [5.41, 5.74) is 0. The molecule has 0 aromatic carbocycles. The summed E-state index contributed by atoms with van der Waals surface area (Å²) in [6, 6.07) is 0. The van der Waals surface area contributed by atoms with Gasteiger partial charge in [0.25, 0.3) is 0 Å². The normalized spacial score (nSPS) is 18.4. The first kappa shape index (κ1) is 22.5. The second-order valence-corrected chi connectivity index (χ2v) is 7.80. The largest absolute Gasteiger partial charge is 0.463 e. The van der Waals surface area contributed by atoms with Crippen molar-refractivity contribution in [2.75, 3.05) is 6.61 Å². The minimum atomic E-state index is -0.0178. The molecule has 0 N–H and O–H groups in total. The topological polar surface area (TPSA) is 35.5 Å². The number of carbonyl (C=O) groups is 1. The smallest absolute Gasteiger partial charge is 0.306 e. The van der Waals surface area contributed by atoms with Crippen LogP contribution in [0.4, 0.5) is 0 Å². The van der Waals surface area contributed by atoms with Crippen LogP contribution in [-0.4, -0.2) is 24.8 Å². The van der Waals surface area contributed by atoms with E-state index in [4.69, 9.17) is 9.47 Å². The summed E-state index contributed by atoms with van der Waals surface area (Å²) in [6.07, 6.45) is 19.7. The summed E-state index contributed by atoms with van der Waals surface area (Å²) < 4.78 is 11.1. The highest BCUT2D eigenvalue weighted by molar-refractivity contribution is 5.69. The summed E-state index contributed by atoms with van der Waals surface area (Å²) in [7, 11) is 0. The zero-order chi connectivity index (χ0) is 18.2. The highest BCUT2D eigenvalue weighted by Gasteiger charge is 2.17. The van der Waals surface area contributed by atoms with Crippen molar-refractivity contribution in [3.05, 3.63) is 0 Å². The van der Waals surface area contributed by atoms with Crippen molar-refractivity contribution in [1.82, 2.24) is 0 Å². The fourth-order valence-electron chi connectivity index (χ4n) is 3.57. The van der Waals surface area contributed by atoms with Gasteiger partial charge in [0.2, 0.25) is 0 Å². The van der Waals surface area contributed by atoms with Gasteiger partial charge in [-0.1, -0.05) is 71.1 Å². The molecule has 1 aliphatic rings. The van der Waals surface area contributed by atoms with Gasteiger partial charge in [0.05, 0.1) is 12.2 Å². The molecule has 1 rings (SSSR count). The number of unbranched alkanes of at least 4 members (excludes halogenated alkanes) is 10. The Balaban J connectivity index is 1.83. The van der Waals surface area contributed by atoms with Gasteiger partial charge in [-0.05, 0) is 39.0 Å². The molecule has 0 aromatic heterocycles. The average molecular weight is 355 g/mol. The molecule has 0 aromatic rings. The first-order valence-corrected chi connectivity index (χ1v) is 11.0. The van der Waals surface area contributed by atoms with E-state index < -0.39 is 0 Å². The first-order valence-electron chi connectivity index (χ1n) is 11.0. The molecule has 1 aliphatic heterocycles. The van der Waals surface area contributed by atoms with E-state index in [1.54, 1.807) is 0 Å². The van der Waals surface area contributed by atoms with Crippen LogP contribution in [0.1, 0.15) is 117 Å². The quantitative estimate of drug-likeness (QED) is 0.232. The maximum Gasteiger partial charge on any atom is 0.306 e. The molecule has 0 radical (unpaired) electrons. The number of rotatable bonds is 16. The Kier molecular flexibility index (Phi) is 14.1. The van der Waals surface area contributed by atoms with Crippen LogP contribution in [0.5, 0.6) is 0 Å². The number of esters is 1. The van der Waals surface area contributed by atoms with Crippen LogP contribution in [0.15, 0.2) is 0 Å². The molecule has 1 fully saturated rings. The summed E-state index contributed by atoms with van der Waals surface area (Å²) >= 11 is 0. The molecule has 2 unspecified atom stereocenters. The molecule has 148 valence electrons. The van der Waals surface area contributed by atoms with Gasteiger partial charge in [0, 0.05) is 13.0 Å². The van der Waals surface area contributed by atoms with Crippen LogP contribution in [-0.2, 0) is 14.3 Å². The van der Waals surface area contributed by atoms with Crippen molar-refractivity contribution < 1.29 is 14.3 Å². The SMILES string of the molecule is CCCCCCCCCCCCCC(=O)OC(C)CCC1CCCO1. The van der Waals surface area contributed by atoms with Crippen molar-refractivity contribution in [1.29, 1.82) is 0 Å². The van der Waals surface area contributed by atoms with Crippen molar-refractivity contribution in [2.45, 2.75) is 129 Å². The third-order valence-corrected chi connectivity index (χ3v) is 5.24. The fourth-order valence-corrected chi connectivity index (χ4v) is 3.57. The molecule has 0 aliphatic carbocycles. The van der Waals surface area contributed by atoms with Crippen molar-refractivity contribution in [3.8, 4) is 0 Å². The lowest BCUT2D eigenvalue weighted by atomic mass is 10.1. The summed E-state index contributed by atoms with van der Waals surface area (Å²) in [5.74, 6) is -0.0178. The third-order valence-electron chi connectivity index (χ3n) is 5.24. The fraction of sp³-hybridized carbons (Fsp3) is 0.955. The monoisotopic (exact) mass is 354 g/mol. The Bertz CT molecular complexity index is 310. The number of hydrogen-bond donors (Lipinski definition) is 0. The lowest BCUT2D eigenvalue weighted by molar-refractivity contribution is -0.148. The Morgan fingerprint density at radius 3 is 2.16 bits per heavy atom. The van der Waals surface area contributed by atoms with Gasteiger partial charge in [-0.2, -0.15) is 0 Å². The first-order chi connectivity index (χ1) is 12.2. The second-order valence-electron chi connectivity index (χ2n) is 7.80. The average Bonchev–Trinajstić information content (AvgIpc) is 3.11. The van der Waals surface area contributed by atoms with Gasteiger partial charge >= 0.3 is 5.97 Å². The molecule has 1 saturated heterocycles. The number of hydrogen-bond acceptors (Lipinski definition) is 3. The van der Waals surface area contributed by atoms with Gasteiger partial charge in [0.15, 0.2) is 0 Å². The molecule has 0 saturated carbocycles. The van der Waals surface area contributed by atoms with Crippen LogP contribution >= 0.6 is 0 Å². The van der Waals surface area contributed by atoms with E-state index in [1.165, 1.54) is 70.6 Å². The Morgan fingerprint density at radius 2 is 1.60 bits per heavy atom. The molecule has 1 heterocycles. The van der Waals surface area contributed by atoms with Crippen molar-refractivity contribution >= 4 is 5.97 Å². The molecule has 0 spiro atoms. The minimum Gasteiger partial charge on any atom is -0.463 e. The van der Waals surface area contributed by atoms with Crippen LogP contribution in [0.25, 0.3) is 0 Å². The van der Waals surface area contributed by atoms with Crippen LogP contribution in [0.3, 0.4) is 0 Å². The maximum absolute atomic E-state index is 11.9. The van der Waals surface area contributed by atoms with E-state index >= 15 is 0 Å². The molecular formula is C22H42O3. The Morgan fingerprint density at radius 1 is 1.00 bits per heavy atom. The molecule has 3 nitrogen and oxygen atoms in total. The van der Waals surface area contributed by atoms with Crippen molar-refractivity contribution in [2.24, 2.45) is 0 Å². The van der Waals surface area contributed by atoms with Gasteiger partial charge < -0.3 is 9.47 Å². The second kappa shape index (κ2) is 15.7. The van der Waals surface area contributed by atoms with Gasteiger partial charge in [-0.15, -0.1) is 0 Å². The molecule has 2 atom stereocenters. The van der Waals surface area contributed by atoms with Gasteiger partial charge in [0.1, 0.15) is 0 Å². The van der Waals surface area contributed by atoms with Crippen LogP contribution < -0.4 is 0 Å². The summed E-state index contributed by atoms with van der Waals surface area (Å²) in [5, 5.41) is 0. The minimum absolute atomic E-state index is 0.0178. The molecule has 0 bridgehead atoms. The van der Waals surface area contributed by atoms with Gasteiger partial charge in [-0.3, -0.25) is 4.79 Å². The van der Waals surface area contributed by atoms with E-state index in [0.717, 1.165) is 32.3 Å². The third kappa shape index (κ3) is 13.3. The molecular weight excluding hydrogens is 312 g/mol. The van der Waals surface area contributed by atoms with E-state index in [0.29, 0.717) is 12.5 Å². The Hall–Kier alpha value is -0.570. The number of ether oxygens (including phenoxy) is 2. The van der Waals surface area contributed by atoms with E-state index in [2.05, 4.69) is 6.92 Å². The van der Waals surface area contributed by atoms with E-state index in [1.807, 2.05) is 6.92 Å². The standard InChI is InChI=1S/C22H42O3/c1-3-4-5-6-7-8-9-10-11-12-13-16-22(23)25-20(2)17-18-21-15-14-19-24-21/h20-21H,3-19H2,1-2H3. The van der Waals surface area contributed by atoms with Gasteiger partial charge in [-0.25, -0.2) is 0 Å². The highest BCUT2D eigenvalue weighted by atomic mass is 16.5.